The van der Waals surface area contributed by atoms with Gasteiger partial charge in [-0.2, -0.15) is 9.78 Å². The van der Waals surface area contributed by atoms with Crippen LogP contribution in [-0.2, 0) is 19.6 Å². The maximum atomic E-state index is 5.75. The molecule has 0 aliphatic heterocycles. The normalized spacial score (nSPS) is 13.1. The molecule has 0 bridgehead atoms. The van der Waals surface area contributed by atoms with E-state index < -0.39 is 11.2 Å². The largest absolute Gasteiger partial charge is 0.333 e. The molecule has 0 heterocycles. The van der Waals surface area contributed by atoms with Gasteiger partial charge in [-0.05, 0) is 107 Å². The van der Waals surface area contributed by atoms with E-state index in [9.17, 15) is 0 Å². The number of rotatable bonds is 7. The highest BCUT2D eigenvalue weighted by atomic mass is 17.2. The third-order valence-corrected chi connectivity index (χ3v) is 3.69. The third-order valence-electron chi connectivity index (χ3n) is 3.69. The van der Waals surface area contributed by atoms with Crippen LogP contribution in [0.5, 0.6) is 11.5 Å². The predicted octanol–water partition coefficient (Wildman–Crippen LogP) is 8.68. The van der Waals surface area contributed by atoms with E-state index in [0.717, 1.165) is 5.56 Å². The van der Waals surface area contributed by atoms with Gasteiger partial charge in [-0.1, -0.05) is 33.8 Å². The topological polar surface area (TPSA) is 55.4 Å². The second kappa shape index (κ2) is 12.6. The monoisotopic (exact) mass is 484 g/mol. The van der Waals surface area contributed by atoms with Gasteiger partial charge in [0.1, 0.15) is 11.2 Å². The zero-order valence-electron chi connectivity index (χ0n) is 24.8. The summed E-state index contributed by atoms with van der Waals surface area (Å²) in [6.07, 6.45) is 0. The van der Waals surface area contributed by atoms with Crippen LogP contribution in [0.4, 0.5) is 0 Å². The van der Waals surface area contributed by atoms with Gasteiger partial charge < -0.3 is 9.78 Å². The summed E-state index contributed by atoms with van der Waals surface area (Å²) < 4.78 is 0. The van der Waals surface area contributed by atoms with Crippen LogP contribution in [0.2, 0.25) is 0 Å². The van der Waals surface area contributed by atoms with Crippen LogP contribution < -0.4 is 9.78 Å². The molecule has 0 unspecified atom stereocenters. The van der Waals surface area contributed by atoms with Crippen LogP contribution in [0, 0.1) is 0 Å². The molecule has 1 rings (SSSR count). The Labute approximate surface area is 209 Å². The van der Waals surface area contributed by atoms with Crippen molar-refractivity contribution in [3.8, 4) is 11.5 Å². The Hall–Kier alpha value is -1.34. The molecule has 0 aromatic heterocycles. The van der Waals surface area contributed by atoms with Gasteiger partial charge in [0.25, 0.3) is 0 Å². The summed E-state index contributed by atoms with van der Waals surface area (Å²) in [4.78, 5) is 32.6. The molecular weight excluding hydrogens is 432 g/mol. The SMILES string of the molecule is CC(C)(C)OOC(C)(C)C.CC(C)c1ccc(OOC(C)(C)C)c(OOC(C)(C)C)c1C(C)C. The fraction of sp³-hybridized carbons (Fsp3) is 0.786. The molecule has 0 fully saturated rings. The van der Waals surface area contributed by atoms with Gasteiger partial charge in [0.2, 0.25) is 11.5 Å². The van der Waals surface area contributed by atoms with Gasteiger partial charge in [0.15, 0.2) is 0 Å². The van der Waals surface area contributed by atoms with Crippen LogP contribution in [0.15, 0.2) is 12.1 Å². The van der Waals surface area contributed by atoms with Crippen molar-refractivity contribution >= 4 is 0 Å². The molecule has 0 radical (unpaired) electrons. The second-order valence-electron chi connectivity index (χ2n) is 13.2. The van der Waals surface area contributed by atoms with Gasteiger partial charge in [0, 0.05) is 5.56 Å². The minimum atomic E-state index is -0.426. The van der Waals surface area contributed by atoms with Crippen LogP contribution in [0.1, 0.15) is 134 Å². The summed E-state index contributed by atoms with van der Waals surface area (Å²) in [5, 5.41) is 0. The van der Waals surface area contributed by atoms with Crippen molar-refractivity contribution in [1.82, 2.24) is 0 Å². The Bertz CT molecular complexity index is 711. The molecule has 0 amide bonds. The smallest absolute Gasteiger partial charge is 0.215 e. The van der Waals surface area contributed by atoms with Gasteiger partial charge in [-0.3, -0.25) is 0 Å². The van der Waals surface area contributed by atoms with E-state index in [1.54, 1.807) is 0 Å². The quantitative estimate of drug-likeness (QED) is 0.285. The molecular formula is C28H52O6. The third kappa shape index (κ3) is 14.8. The van der Waals surface area contributed by atoms with E-state index in [1.807, 2.05) is 89.2 Å². The van der Waals surface area contributed by atoms with E-state index in [1.165, 1.54) is 5.56 Å². The zero-order chi connectivity index (χ0) is 27.1. The maximum absolute atomic E-state index is 5.75. The Morgan fingerprint density at radius 2 is 0.882 bits per heavy atom. The van der Waals surface area contributed by atoms with Gasteiger partial charge in [-0.25, -0.2) is 9.78 Å². The number of hydrogen-bond donors (Lipinski definition) is 0. The van der Waals surface area contributed by atoms with Crippen molar-refractivity contribution in [2.75, 3.05) is 0 Å². The van der Waals surface area contributed by atoms with Gasteiger partial charge in [-0.15, -0.1) is 0 Å². The summed E-state index contributed by atoms with van der Waals surface area (Å²) in [6, 6.07) is 3.96. The van der Waals surface area contributed by atoms with Crippen LogP contribution in [0.25, 0.3) is 0 Å². The minimum Gasteiger partial charge on any atom is -0.333 e. The minimum absolute atomic E-state index is 0.215. The average molecular weight is 485 g/mol. The molecule has 200 valence electrons. The number of benzene rings is 1. The van der Waals surface area contributed by atoms with Crippen molar-refractivity contribution in [2.45, 2.75) is 145 Å². The van der Waals surface area contributed by atoms with Crippen LogP contribution >= 0.6 is 0 Å². The lowest BCUT2D eigenvalue weighted by molar-refractivity contribution is -0.393. The van der Waals surface area contributed by atoms with Crippen molar-refractivity contribution in [2.24, 2.45) is 0 Å². The predicted molar refractivity (Wildman–Crippen MR) is 139 cm³/mol. The van der Waals surface area contributed by atoms with Crippen molar-refractivity contribution in [3.63, 3.8) is 0 Å². The summed E-state index contributed by atoms with van der Waals surface area (Å²) in [5.41, 5.74) is 1.03. The van der Waals surface area contributed by atoms with Crippen molar-refractivity contribution in [3.05, 3.63) is 23.3 Å². The molecule has 1 aromatic carbocycles. The lowest BCUT2D eigenvalue weighted by Crippen LogP contribution is -2.27. The molecule has 6 heteroatoms. The molecule has 6 nitrogen and oxygen atoms in total. The van der Waals surface area contributed by atoms with E-state index in [2.05, 4.69) is 33.8 Å². The molecule has 34 heavy (non-hydrogen) atoms. The molecule has 0 saturated carbocycles. The molecule has 0 N–H and O–H groups in total. The molecule has 1 aromatic rings. The Morgan fingerprint density at radius 1 is 0.500 bits per heavy atom. The molecule has 0 aliphatic carbocycles. The summed E-state index contributed by atoms with van der Waals surface area (Å²) in [6.45, 7) is 32.0. The Kier molecular flexibility index (Phi) is 12.1. The molecule has 0 spiro atoms. The zero-order valence-corrected chi connectivity index (χ0v) is 24.8. The summed E-state index contributed by atoms with van der Waals surface area (Å²) >= 11 is 0. The second-order valence-corrected chi connectivity index (χ2v) is 13.2. The first-order valence-electron chi connectivity index (χ1n) is 12.3. The average Bonchev–Trinajstić information content (AvgIpc) is 2.60. The van der Waals surface area contributed by atoms with E-state index in [-0.39, 0.29) is 17.1 Å². The summed E-state index contributed by atoms with van der Waals surface area (Å²) in [7, 11) is 0. The summed E-state index contributed by atoms with van der Waals surface area (Å²) in [5.74, 6) is 1.76. The highest BCUT2D eigenvalue weighted by molar-refractivity contribution is 5.52. The first kappa shape index (κ1) is 32.7. The molecule has 0 atom stereocenters. The van der Waals surface area contributed by atoms with Crippen LogP contribution in [-0.4, -0.2) is 22.4 Å². The fourth-order valence-electron chi connectivity index (χ4n) is 2.43. The number of hydrogen-bond acceptors (Lipinski definition) is 6. The highest BCUT2D eigenvalue weighted by Crippen LogP contribution is 2.42. The first-order valence-corrected chi connectivity index (χ1v) is 12.3. The van der Waals surface area contributed by atoms with E-state index in [4.69, 9.17) is 29.3 Å². The Balaban J connectivity index is 0.000000916. The fourth-order valence-corrected chi connectivity index (χ4v) is 2.43. The standard InChI is InChI=1S/C20H34O4.C8H18O2/c1-13(2)15-11-12-16(21-23-19(5,6)7)18(17(15)14(3)4)22-24-20(8,9)10;1-7(2,3)9-10-8(4,5)6/h11-14H,1-10H3;1-6H3. The lowest BCUT2D eigenvalue weighted by Gasteiger charge is -2.25. The van der Waals surface area contributed by atoms with Gasteiger partial charge in [0.05, 0.1) is 11.2 Å². The first-order chi connectivity index (χ1) is 15.0. The van der Waals surface area contributed by atoms with E-state index in [0.29, 0.717) is 17.4 Å². The van der Waals surface area contributed by atoms with E-state index >= 15 is 0 Å². The highest BCUT2D eigenvalue weighted by Gasteiger charge is 2.25. The Morgan fingerprint density at radius 3 is 1.21 bits per heavy atom. The maximum Gasteiger partial charge on any atom is 0.215 e. The van der Waals surface area contributed by atoms with Crippen molar-refractivity contribution < 1.29 is 29.3 Å². The molecule has 0 saturated heterocycles. The van der Waals surface area contributed by atoms with Crippen LogP contribution in [0.3, 0.4) is 0 Å². The van der Waals surface area contributed by atoms with Gasteiger partial charge >= 0.3 is 0 Å². The van der Waals surface area contributed by atoms with Crippen molar-refractivity contribution in [1.29, 1.82) is 0 Å². The lowest BCUT2D eigenvalue weighted by atomic mass is 9.89. The molecule has 0 aliphatic rings.